The minimum Gasteiger partial charge on any atom is -0.330 e. The number of benzene rings is 1. The Morgan fingerprint density at radius 3 is 2.78 bits per heavy atom. The van der Waals surface area contributed by atoms with Crippen LogP contribution < -0.4 is 16.0 Å². The molecular formula is C21H26N4O2. The van der Waals surface area contributed by atoms with Gasteiger partial charge in [-0.3, -0.25) is 14.6 Å². The molecule has 2 amide bonds. The Bertz CT molecular complexity index is 792. The molecular weight excluding hydrogens is 340 g/mol. The first-order valence-corrected chi connectivity index (χ1v) is 9.54. The van der Waals surface area contributed by atoms with Crippen molar-refractivity contribution in [2.24, 2.45) is 5.73 Å². The van der Waals surface area contributed by atoms with E-state index in [1.54, 1.807) is 29.4 Å². The molecule has 2 heterocycles. The van der Waals surface area contributed by atoms with Crippen LogP contribution >= 0.6 is 0 Å². The number of pyridine rings is 1. The maximum absolute atomic E-state index is 12.7. The van der Waals surface area contributed by atoms with Crippen LogP contribution in [0.25, 0.3) is 0 Å². The van der Waals surface area contributed by atoms with Gasteiger partial charge in [-0.25, -0.2) is 0 Å². The summed E-state index contributed by atoms with van der Waals surface area (Å²) >= 11 is 0. The molecule has 1 aromatic carbocycles. The predicted octanol–water partition coefficient (Wildman–Crippen LogP) is 3.13. The number of hydrogen-bond acceptors (Lipinski definition) is 4. The maximum Gasteiger partial charge on any atom is 0.259 e. The number of amides is 2. The molecule has 0 spiro atoms. The summed E-state index contributed by atoms with van der Waals surface area (Å²) in [5.74, 6) is -0.0138. The van der Waals surface area contributed by atoms with Crippen molar-refractivity contribution in [1.29, 1.82) is 0 Å². The van der Waals surface area contributed by atoms with Gasteiger partial charge in [0, 0.05) is 36.7 Å². The molecule has 0 atom stereocenters. The maximum atomic E-state index is 12.7. The number of unbranched alkanes of at least 4 members (excludes halogenated alkanes) is 3. The van der Waals surface area contributed by atoms with Crippen molar-refractivity contribution >= 4 is 23.2 Å². The van der Waals surface area contributed by atoms with E-state index in [-0.39, 0.29) is 11.8 Å². The van der Waals surface area contributed by atoms with E-state index in [1.165, 1.54) is 0 Å². The molecule has 0 bridgehead atoms. The fraction of sp³-hybridized carbons (Fsp3) is 0.381. The Morgan fingerprint density at radius 2 is 2.00 bits per heavy atom. The number of fused-ring (bicyclic) bond motifs is 1. The molecule has 0 aliphatic carbocycles. The van der Waals surface area contributed by atoms with E-state index in [0.717, 1.165) is 49.0 Å². The summed E-state index contributed by atoms with van der Waals surface area (Å²) in [6.45, 7) is 1.35. The number of aromatic nitrogens is 1. The van der Waals surface area contributed by atoms with Crippen molar-refractivity contribution in [3.8, 4) is 0 Å². The highest BCUT2D eigenvalue weighted by molar-refractivity contribution is 6.07. The number of carbonyl (C=O) groups excluding carboxylic acids is 2. The van der Waals surface area contributed by atoms with Gasteiger partial charge in [-0.05, 0) is 61.7 Å². The van der Waals surface area contributed by atoms with Gasteiger partial charge in [-0.15, -0.1) is 0 Å². The Kier molecular flexibility index (Phi) is 6.54. The second-order valence-electron chi connectivity index (χ2n) is 6.79. The molecule has 2 aromatic rings. The molecule has 1 aliphatic heterocycles. The number of hydrogen-bond donors (Lipinski definition) is 2. The number of nitrogens with one attached hydrogen (secondary N) is 1. The van der Waals surface area contributed by atoms with Crippen molar-refractivity contribution in [1.82, 2.24) is 4.98 Å². The molecule has 1 aliphatic rings. The zero-order valence-electron chi connectivity index (χ0n) is 15.5. The third-order valence-electron chi connectivity index (χ3n) is 4.77. The van der Waals surface area contributed by atoms with E-state index in [2.05, 4.69) is 10.3 Å². The molecule has 3 N–H and O–H groups in total. The monoisotopic (exact) mass is 366 g/mol. The molecule has 0 saturated heterocycles. The smallest absolute Gasteiger partial charge is 0.259 e. The highest BCUT2D eigenvalue weighted by Gasteiger charge is 2.25. The standard InChI is InChI=1S/C21H26N4O2/c22-11-4-2-1-3-7-20(26)24-18-8-9-19-16(14-18)10-13-25(19)21(27)17-6-5-12-23-15-17/h5-6,8-9,12,14-15H,1-4,7,10-11,13,22H2,(H,24,26). The van der Waals surface area contributed by atoms with Crippen LogP contribution in [-0.4, -0.2) is 29.9 Å². The molecule has 6 heteroatoms. The Hall–Kier alpha value is -2.73. The largest absolute Gasteiger partial charge is 0.330 e. The van der Waals surface area contributed by atoms with Gasteiger partial charge < -0.3 is 16.0 Å². The summed E-state index contributed by atoms with van der Waals surface area (Å²) in [7, 11) is 0. The third kappa shape index (κ3) is 4.92. The molecule has 0 radical (unpaired) electrons. The minimum absolute atomic E-state index is 0.0315. The summed E-state index contributed by atoms with van der Waals surface area (Å²) in [5, 5.41) is 2.96. The lowest BCUT2D eigenvalue weighted by Gasteiger charge is -2.17. The summed E-state index contributed by atoms with van der Waals surface area (Å²) in [6, 6.07) is 9.28. The van der Waals surface area contributed by atoms with Gasteiger partial charge in [0.25, 0.3) is 5.91 Å². The zero-order valence-corrected chi connectivity index (χ0v) is 15.5. The van der Waals surface area contributed by atoms with Gasteiger partial charge in [0.1, 0.15) is 0 Å². The number of rotatable bonds is 8. The molecule has 142 valence electrons. The number of nitrogens with two attached hydrogens (primary N) is 1. The van der Waals surface area contributed by atoms with E-state index >= 15 is 0 Å². The van der Waals surface area contributed by atoms with Crippen LogP contribution in [0.2, 0.25) is 0 Å². The van der Waals surface area contributed by atoms with Gasteiger partial charge >= 0.3 is 0 Å². The van der Waals surface area contributed by atoms with Crippen molar-refractivity contribution < 1.29 is 9.59 Å². The van der Waals surface area contributed by atoms with Crippen LogP contribution in [0.1, 0.15) is 48.0 Å². The fourth-order valence-electron chi connectivity index (χ4n) is 3.34. The average Bonchev–Trinajstić information content (AvgIpc) is 3.11. The Morgan fingerprint density at radius 1 is 1.15 bits per heavy atom. The number of nitrogens with zero attached hydrogens (tertiary/aromatic N) is 2. The van der Waals surface area contributed by atoms with Crippen molar-refractivity contribution in [3.05, 3.63) is 53.9 Å². The highest BCUT2D eigenvalue weighted by atomic mass is 16.2. The quantitative estimate of drug-likeness (QED) is 0.703. The Labute approximate surface area is 159 Å². The minimum atomic E-state index is -0.0453. The Balaban J connectivity index is 1.58. The number of anilines is 2. The third-order valence-corrected chi connectivity index (χ3v) is 4.77. The second kappa shape index (κ2) is 9.28. The molecule has 6 nitrogen and oxygen atoms in total. The fourth-order valence-corrected chi connectivity index (χ4v) is 3.34. The van der Waals surface area contributed by atoms with Crippen molar-refractivity contribution in [2.45, 2.75) is 38.5 Å². The van der Waals surface area contributed by atoms with E-state index < -0.39 is 0 Å². The first-order valence-electron chi connectivity index (χ1n) is 9.54. The summed E-state index contributed by atoms with van der Waals surface area (Å²) in [5.41, 5.74) is 8.82. The molecule has 0 saturated carbocycles. The summed E-state index contributed by atoms with van der Waals surface area (Å²) < 4.78 is 0. The van der Waals surface area contributed by atoms with Crippen LogP contribution in [-0.2, 0) is 11.2 Å². The molecule has 1 aromatic heterocycles. The van der Waals surface area contributed by atoms with Crippen LogP contribution in [0.5, 0.6) is 0 Å². The van der Waals surface area contributed by atoms with E-state index in [4.69, 9.17) is 5.73 Å². The molecule has 3 rings (SSSR count). The lowest BCUT2D eigenvalue weighted by molar-refractivity contribution is -0.116. The van der Waals surface area contributed by atoms with Crippen molar-refractivity contribution in [2.75, 3.05) is 23.3 Å². The summed E-state index contributed by atoms with van der Waals surface area (Å²) in [4.78, 5) is 30.6. The lowest BCUT2D eigenvalue weighted by atomic mass is 10.1. The van der Waals surface area contributed by atoms with E-state index in [1.807, 2.05) is 18.2 Å². The second-order valence-corrected chi connectivity index (χ2v) is 6.79. The van der Waals surface area contributed by atoms with Gasteiger partial charge in [0.2, 0.25) is 5.91 Å². The SMILES string of the molecule is NCCCCCCC(=O)Nc1ccc2c(c1)CCN2C(=O)c1cccnc1. The molecule has 0 unspecified atom stereocenters. The lowest BCUT2D eigenvalue weighted by Crippen LogP contribution is -2.28. The van der Waals surface area contributed by atoms with E-state index in [9.17, 15) is 9.59 Å². The van der Waals surface area contributed by atoms with Crippen LogP contribution in [0, 0.1) is 0 Å². The zero-order chi connectivity index (χ0) is 19.1. The van der Waals surface area contributed by atoms with Crippen LogP contribution in [0.15, 0.2) is 42.7 Å². The normalized spacial score (nSPS) is 12.7. The van der Waals surface area contributed by atoms with Crippen LogP contribution in [0.3, 0.4) is 0 Å². The van der Waals surface area contributed by atoms with Gasteiger partial charge in [-0.2, -0.15) is 0 Å². The first-order chi connectivity index (χ1) is 13.2. The van der Waals surface area contributed by atoms with E-state index in [0.29, 0.717) is 25.1 Å². The highest BCUT2D eigenvalue weighted by Crippen LogP contribution is 2.31. The van der Waals surface area contributed by atoms with Crippen LogP contribution in [0.4, 0.5) is 11.4 Å². The molecule has 27 heavy (non-hydrogen) atoms. The van der Waals surface area contributed by atoms with Gasteiger partial charge in [0.15, 0.2) is 0 Å². The predicted molar refractivity (Wildman–Crippen MR) is 107 cm³/mol. The van der Waals surface area contributed by atoms with Crippen molar-refractivity contribution in [3.63, 3.8) is 0 Å². The topological polar surface area (TPSA) is 88.3 Å². The summed E-state index contributed by atoms with van der Waals surface area (Å²) in [6.07, 6.45) is 8.54. The number of carbonyl (C=O) groups is 2. The first kappa shape index (κ1) is 19.0. The molecule has 0 fully saturated rings. The van der Waals surface area contributed by atoms with Gasteiger partial charge in [-0.1, -0.05) is 12.8 Å². The average molecular weight is 366 g/mol. The van der Waals surface area contributed by atoms with Gasteiger partial charge in [0.05, 0.1) is 5.56 Å².